The third-order valence-electron chi connectivity index (χ3n) is 3.10. The van der Waals surface area contributed by atoms with Crippen molar-refractivity contribution in [3.8, 4) is 0 Å². The van der Waals surface area contributed by atoms with Crippen LogP contribution in [-0.2, 0) is 6.42 Å². The standard InChI is InChI=1S/C16H18FN/c1-12-8-14(11-15(17)9-12)16(18-2)10-13-6-4-3-5-7-13/h3-9,11,16,18H,10H2,1-2H3. The van der Waals surface area contributed by atoms with Crippen molar-refractivity contribution in [1.82, 2.24) is 5.32 Å². The van der Waals surface area contributed by atoms with Crippen molar-refractivity contribution >= 4 is 0 Å². The summed E-state index contributed by atoms with van der Waals surface area (Å²) in [6.07, 6.45) is 0.861. The van der Waals surface area contributed by atoms with Crippen molar-refractivity contribution in [1.29, 1.82) is 0 Å². The highest BCUT2D eigenvalue weighted by molar-refractivity contribution is 5.28. The third kappa shape index (κ3) is 3.17. The highest BCUT2D eigenvalue weighted by Gasteiger charge is 2.11. The molecule has 0 amide bonds. The van der Waals surface area contributed by atoms with Crippen LogP contribution in [0.4, 0.5) is 4.39 Å². The monoisotopic (exact) mass is 243 g/mol. The second-order valence-corrected chi connectivity index (χ2v) is 4.59. The molecular weight excluding hydrogens is 225 g/mol. The smallest absolute Gasteiger partial charge is 0.123 e. The Bertz CT molecular complexity index is 488. The van der Waals surface area contributed by atoms with Crippen LogP contribution in [0.2, 0.25) is 0 Å². The van der Waals surface area contributed by atoms with E-state index in [2.05, 4.69) is 17.4 Å². The minimum absolute atomic E-state index is 0.141. The number of hydrogen-bond acceptors (Lipinski definition) is 1. The van der Waals surface area contributed by atoms with E-state index in [0.717, 1.165) is 17.5 Å². The Kier molecular flexibility index (Phi) is 4.11. The lowest BCUT2D eigenvalue weighted by molar-refractivity contribution is 0.576. The van der Waals surface area contributed by atoms with Crippen LogP contribution in [0.3, 0.4) is 0 Å². The molecule has 0 bridgehead atoms. The van der Waals surface area contributed by atoms with Crippen LogP contribution in [0.25, 0.3) is 0 Å². The fourth-order valence-electron chi connectivity index (χ4n) is 2.20. The number of nitrogens with one attached hydrogen (secondary N) is 1. The van der Waals surface area contributed by atoms with E-state index in [1.54, 1.807) is 12.1 Å². The van der Waals surface area contributed by atoms with Crippen LogP contribution in [-0.4, -0.2) is 7.05 Å². The van der Waals surface area contributed by atoms with Crippen molar-refractivity contribution in [2.24, 2.45) is 0 Å². The van der Waals surface area contributed by atoms with Crippen molar-refractivity contribution in [3.05, 3.63) is 71.0 Å². The predicted octanol–water partition coefficient (Wildman–Crippen LogP) is 3.64. The summed E-state index contributed by atoms with van der Waals surface area (Å²) >= 11 is 0. The summed E-state index contributed by atoms with van der Waals surface area (Å²) in [6, 6.07) is 15.6. The van der Waals surface area contributed by atoms with Crippen LogP contribution < -0.4 is 5.32 Å². The van der Waals surface area contributed by atoms with Gasteiger partial charge in [0.05, 0.1) is 0 Å². The third-order valence-corrected chi connectivity index (χ3v) is 3.10. The Morgan fingerprint density at radius 2 is 1.83 bits per heavy atom. The zero-order valence-electron chi connectivity index (χ0n) is 10.8. The van der Waals surface area contributed by atoms with Crippen molar-refractivity contribution in [2.75, 3.05) is 7.05 Å². The molecule has 0 radical (unpaired) electrons. The maximum atomic E-state index is 13.4. The Morgan fingerprint density at radius 1 is 1.11 bits per heavy atom. The molecular formula is C16H18FN. The molecule has 0 aliphatic heterocycles. The van der Waals surface area contributed by atoms with E-state index in [4.69, 9.17) is 0 Å². The van der Waals surface area contributed by atoms with E-state index in [0.29, 0.717) is 0 Å². The van der Waals surface area contributed by atoms with Crippen molar-refractivity contribution in [2.45, 2.75) is 19.4 Å². The lowest BCUT2D eigenvalue weighted by atomic mass is 9.97. The lowest BCUT2D eigenvalue weighted by Gasteiger charge is -2.17. The first-order valence-electron chi connectivity index (χ1n) is 6.17. The maximum absolute atomic E-state index is 13.4. The van der Waals surface area contributed by atoms with Gasteiger partial charge in [0, 0.05) is 6.04 Å². The molecule has 1 N–H and O–H groups in total. The van der Waals surface area contributed by atoms with Gasteiger partial charge in [0.1, 0.15) is 5.82 Å². The number of benzene rings is 2. The maximum Gasteiger partial charge on any atom is 0.123 e. The van der Waals surface area contributed by atoms with Gasteiger partial charge in [-0.1, -0.05) is 36.4 Å². The van der Waals surface area contributed by atoms with Crippen molar-refractivity contribution in [3.63, 3.8) is 0 Å². The van der Waals surface area contributed by atoms with E-state index in [1.807, 2.05) is 38.2 Å². The van der Waals surface area contributed by atoms with Gasteiger partial charge in [-0.3, -0.25) is 0 Å². The Morgan fingerprint density at radius 3 is 2.44 bits per heavy atom. The lowest BCUT2D eigenvalue weighted by Crippen LogP contribution is -2.19. The van der Waals surface area contributed by atoms with Gasteiger partial charge in [-0.2, -0.15) is 0 Å². The number of aryl methyl sites for hydroxylation is 1. The average molecular weight is 243 g/mol. The first kappa shape index (κ1) is 12.8. The highest BCUT2D eigenvalue weighted by Crippen LogP contribution is 2.20. The minimum atomic E-state index is -0.168. The molecule has 1 atom stereocenters. The number of hydrogen-bond donors (Lipinski definition) is 1. The van der Waals surface area contributed by atoms with Crippen LogP contribution in [0.15, 0.2) is 48.5 Å². The van der Waals surface area contributed by atoms with E-state index >= 15 is 0 Å². The summed E-state index contributed by atoms with van der Waals surface area (Å²) in [5.74, 6) is -0.168. The van der Waals surface area contributed by atoms with Gasteiger partial charge in [0.15, 0.2) is 0 Å². The summed E-state index contributed by atoms with van der Waals surface area (Å²) in [5.41, 5.74) is 3.20. The van der Waals surface area contributed by atoms with Crippen molar-refractivity contribution < 1.29 is 4.39 Å². The Balaban J connectivity index is 2.23. The molecule has 2 aromatic rings. The fourth-order valence-corrected chi connectivity index (χ4v) is 2.20. The van der Waals surface area contributed by atoms with E-state index in [1.165, 1.54) is 5.56 Å². The summed E-state index contributed by atoms with van der Waals surface area (Å²) in [4.78, 5) is 0. The van der Waals surface area contributed by atoms with Gasteiger partial charge in [0.2, 0.25) is 0 Å². The molecule has 0 saturated carbocycles. The summed E-state index contributed by atoms with van der Waals surface area (Å²) in [7, 11) is 1.91. The summed E-state index contributed by atoms with van der Waals surface area (Å²) in [6.45, 7) is 1.92. The quantitative estimate of drug-likeness (QED) is 0.864. The van der Waals surface area contributed by atoms with Gasteiger partial charge in [-0.05, 0) is 49.2 Å². The number of rotatable bonds is 4. The van der Waals surface area contributed by atoms with E-state index in [-0.39, 0.29) is 11.9 Å². The zero-order chi connectivity index (χ0) is 13.0. The van der Waals surface area contributed by atoms with E-state index < -0.39 is 0 Å². The number of likely N-dealkylation sites (N-methyl/N-ethyl adjacent to an activating group) is 1. The van der Waals surface area contributed by atoms with E-state index in [9.17, 15) is 4.39 Å². The largest absolute Gasteiger partial charge is 0.313 e. The molecule has 0 spiro atoms. The molecule has 2 heteroatoms. The van der Waals surface area contributed by atoms with Crippen LogP contribution in [0.1, 0.15) is 22.7 Å². The second-order valence-electron chi connectivity index (χ2n) is 4.59. The molecule has 1 nitrogen and oxygen atoms in total. The topological polar surface area (TPSA) is 12.0 Å². The number of halogens is 1. The van der Waals surface area contributed by atoms with Crippen LogP contribution in [0.5, 0.6) is 0 Å². The van der Waals surface area contributed by atoms with Crippen LogP contribution >= 0.6 is 0 Å². The summed E-state index contributed by atoms with van der Waals surface area (Å²) in [5, 5.41) is 3.25. The highest BCUT2D eigenvalue weighted by atomic mass is 19.1. The van der Waals surface area contributed by atoms with Gasteiger partial charge in [-0.15, -0.1) is 0 Å². The summed E-state index contributed by atoms with van der Waals surface area (Å²) < 4.78 is 13.4. The molecule has 18 heavy (non-hydrogen) atoms. The first-order valence-corrected chi connectivity index (χ1v) is 6.17. The van der Waals surface area contributed by atoms with Gasteiger partial charge in [0.25, 0.3) is 0 Å². The molecule has 0 heterocycles. The molecule has 0 fully saturated rings. The van der Waals surface area contributed by atoms with Gasteiger partial charge < -0.3 is 5.32 Å². The zero-order valence-corrected chi connectivity index (χ0v) is 10.8. The second kappa shape index (κ2) is 5.78. The predicted molar refractivity (Wildman–Crippen MR) is 73.1 cm³/mol. The first-order chi connectivity index (χ1) is 8.69. The normalized spacial score (nSPS) is 12.4. The molecule has 0 aliphatic carbocycles. The molecule has 2 aromatic carbocycles. The molecule has 0 aromatic heterocycles. The molecule has 1 unspecified atom stereocenters. The van der Waals surface area contributed by atoms with Gasteiger partial charge in [-0.25, -0.2) is 4.39 Å². The average Bonchev–Trinajstić information content (AvgIpc) is 2.36. The molecule has 94 valence electrons. The SMILES string of the molecule is CNC(Cc1ccccc1)c1cc(C)cc(F)c1. The van der Waals surface area contributed by atoms with Crippen LogP contribution in [0, 0.1) is 12.7 Å². The molecule has 2 rings (SSSR count). The molecule has 0 aliphatic rings. The minimum Gasteiger partial charge on any atom is -0.313 e. The Hall–Kier alpha value is -1.67. The van der Waals surface area contributed by atoms with Gasteiger partial charge >= 0.3 is 0 Å². The molecule has 0 saturated heterocycles. The fraction of sp³-hybridized carbons (Fsp3) is 0.250. The Labute approximate surface area is 108 Å².